The zero-order valence-corrected chi connectivity index (χ0v) is 16.1. The average molecular weight is 372 g/mol. The Kier molecular flexibility index (Phi) is 6.04. The molecule has 0 radical (unpaired) electrons. The number of benzene rings is 1. The van der Waals surface area contributed by atoms with E-state index in [1.807, 2.05) is 24.4 Å². The molecule has 26 heavy (non-hydrogen) atoms. The highest BCUT2D eigenvalue weighted by atomic mass is 32.1. The molecule has 0 bridgehead atoms. The molecule has 0 saturated carbocycles. The highest BCUT2D eigenvalue weighted by Gasteiger charge is 2.35. The van der Waals surface area contributed by atoms with Crippen molar-refractivity contribution in [3.8, 4) is 0 Å². The lowest BCUT2D eigenvalue weighted by atomic mass is 10.1. The molecule has 1 N–H and O–H groups in total. The number of nitrogens with zero attached hydrogens (tertiary/aromatic N) is 2. The van der Waals surface area contributed by atoms with E-state index >= 15 is 0 Å². The van der Waals surface area contributed by atoms with E-state index in [2.05, 4.69) is 29.4 Å². The van der Waals surface area contributed by atoms with Gasteiger partial charge in [0.05, 0.1) is 23.2 Å². The van der Waals surface area contributed by atoms with E-state index in [4.69, 9.17) is 0 Å². The second kappa shape index (κ2) is 8.45. The molecule has 1 aliphatic rings. The van der Waals surface area contributed by atoms with Gasteiger partial charge in [0.2, 0.25) is 11.8 Å². The fourth-order valence-electron chi connectivity index (χ4n) is 3.17. The summed E-state index contributed by atoms with van der Waals surface area (Å²) in [6.07, 6.45) is 3.66. The zero-order valence-electron chi connectivity index (χ0n) is 15.3. The van der Waals surface area contributed by atoms with Crippen LogP contribution in [0.25, 0.3) is 0 Å². The molecule has 1 unspecified atom stereocenters. The minimum Gasteiger partial charge on any atom is -0.350 e. The van der Waals surface area contributed by atoms with Gasteiger partial charge in [0.1, 0.15) is 0 Å². The normalized spacial score (nSPS) is 16.9. The molecule has 138 valence electrons. The second-order valence-corrected chi connectivity index (χ2v) is 7.81. The third kappa shape index (κ3) is 4.49. The molecule has 1 fully saturated rings. The highest BCUT2D eigenvalue weighted by Crippen LogP contribution is 2.26. The maximum atomic E-state index is 12.4. The fourth-order valence-corrected chi connectivity index (χ4v) is 3.78. The summed E-state index contributed by atoms with van der Waals surface area (Å²) in [6, 6.07) is 8.13. The van der Waals surface area contributed by atoms with Crippen molar-refractivity contribution in [2.75, 3.05) is 11.4 Å². The predicted octanol–water partition coefficient (Wildman–Crippen LogP) is 3.46. The van der Waals surface area contributed by atoms with Crippen molar-refractivity contribution in [1.82, 2.24) is 10.3 Å². The first-order chi connectivity index (χ1) is 12.6. The van der Waals surface area contributed by atoms with Crippen molar-refractivity contribution < 1.29 is 9.59 Å². The number of nitrogens with one attached hydrogen (secondary N) is 1. The SMILES string of the molecule is CCCCc1ccc(N2CC(C(=O)NCc3csc(C)n3)CC2=O)cc1. The van der Waals surface area contributed by atoms with Gasteiger partial charge in [-0.05, 0) is 37.5 Å². The van der Waals surface area contributed by atoms with Crippen LogP contribution in [0.15, 0.2) is 29.6 Å². The monoisotopic (exact) mass is 371 g/mol. The number of hydrogen-bond acceptors (Lipinski definition) is 4. The van der Waals surface area contributed by atoms with Gasteiger partial charge in [-0.15, -0.1) is 11.3 Å². The number of amides is 2. The largest absolute Gasteiger partial charge is 0.350 e. The number of anilines is 1. The lowest BCUT2D eigenvalue weighted by Gasteiger charge is -2.17. The fraction of sp³-hybridized carbons (Fsp3) is 0.450. The molecule has 0 aliphatic carbocycles. The van der Waals surface area contributed by atoms with Crippen LogP contribution in [0.2, 0.25) is 0 Å². The summed E-state index contributed by atoms with van der Waals surface area (Å²) in [5, 5.41) is 5.84. The Morgan fingerprint density at radius 3 is 2.77 bits per heavy atom. The minimum absolute atomic E-state index is 0.0101. The first kappa shape index (κ1) is 18.6. The van der Waals surface area contributed by atoms with Crippen LogP contribution in [0.1, 0.15) is 42.5 Å². The first-order valence-corrected chi connectivity index (χ1v) is 10.0. The Morgan fingerprint density at radius 1 is 1.35 bits per heavy atom. The summed E-state index contributed by atoms with van der Waals surface area (Å²) in [5.74, 6) is -0.371. The molecule has 1 aromatic heterocycles. The molecular weight excluding hydrogens is 346 g/mol. The topological polar surface area (TPSA) is 62.3 Å². The molecule has 1 saturated heterocycles. The average Bonchev–Trinajstić information content (AvgIpc) is 3.24. The summed E-state index contributed by atoms with van der Waals surface area (Å²) in [7, 11) is 0. The number of carbonyl (C=O) groups is 2. The molecule has 1 aromatic carbocycles. The molecule has 1 aliphatic heterocycles. The predicted molar refractivity (Wildman–Crippen MR) is 104 cm³/mol. The number of carbonyl (C=O) groups excluding carboxylic acids is 2. The quantitative estimate of drug-likeness (QED) is 0.811. The van der Waals surface area contributed by atoms with Gasteiger partial charge in [-0.25, -0.2) is 4.98 Å². The number of unbranched alkanes of at least 4 members (excludes halogenated alkanes) is 1. The molecular formula is C20H25N3O2S. The van der Waals surface area contributed by atoms with Crippen LogP contribution in [-0.2, 0) is 22.6 Å². The number of thiazole rings is 1. The van der Waals surface area contributed by atoms with Crippen molar-refractivity contribution in [3.05, 3.63) is 45.9 Å². The number of aromatic nitrogens is 1. The Labute approximate surface area is 158 Å². The number of rotatable bonds is 7. The molecule has 2 aromatic rings. The van der Waals surface area contributed by atoms with Crippen LogP contribution in [0.5, 0.6) is 0 Å². The van der Waals surface area contributed by atoms with E-state index in [-0.39, 0.29) is 24.2 Å². The highest BCUT2D eigenvalue weighted by molar-refractivity contribution is 7.09. The smallest absolute Gasteiger partial charge is 0.227 e. The van der Waals surface area contributed by atoms with Crippen LogP contribution in [0, 0.1) is 12.8 Å². The summed E-state index contributed by atoms with van der Waals surface area (Å²) < 4.78 is 0. The third-order valence-electron chi connectivity index (χ3n) is 4.67. The van der Waals surface area contributed by atoms with E-state index in [9.17, 15) is 9.59 Å². The van der Waals surface area contributed by atoms with Gasteiger partial charge in [-0.1, -0.05) is 25.5 Å². The Balaban J connectivity index is 1.56. The van der Waals surface area contributed by atoms with Gasteiger partial charge in [0.25, 0.3) is 0 Å². The van der Waals surface area contributed by atoms with Crippen molar-refractivity contribution in [3.63, 3.8) is 0 Å². The van der Waals surface area contributed by atoms with Gasteiger partial charge in [0.15, 0.2) is 0 Å². The first-order valence-electron chi connectivity index (χ1n) is 9.15. The van der Waals surface area contributed by atoms with E-state index in [0.717, 1.165) is 22.8 Å². The summed E-state index contributed by atoms with van der Waals surface area (Å²) in [5.41, 5.74) is 3.03. The molecule has 1 atom stereocenters. The standard InChI is InChI=1S/C20H25N3O2S/c1-3-4-5-15-6-8-18(9-7-15)23-12-16(10-19(23)24)20(25)21-11-17-13-26-14(2)22-17/h6-9,13,16H,3-5,10-12H2,1-2H3,(H,21,25). The molecule has 2 amide bonds. The van der Waals surface area contributed by atoms with Crippen LogP contribution >= 0.6 is 11.3 Å². The summed E-state index contributed by atoms with van der Waals surface area (Å²) >= 11 is 1.57. The lowest BCUT2D eigenvalue weighted by molar-refractivity contribution is -0.126. The molecule has 6 heteroatoms. The summed E-state index contributed by atoms with van der Waals surface area (Å²) in [6.45, 7) is 4.98. The molecule has 0 spiro atoms. The molecule has 2 heterocycles. The second-order valence-electron chi connectivity index (χ2n) is 6.75. The van der Waals surface area contributed by atoms with Crippen LogP contribution in [0.3, 0.4) is 0 Å². The van der Waals surface area contributed by atoms with E-state index in [1.165, 1.54) is 18.4 Å². The van der Waals surface area contributed by atoms with E-state index < -0.39 is 0 Å². The van der Waals surface area contributed by atoms with E-state index in [0.29, 0.717) is 13.1 Å². The zero-order chi connectivity index (χ0) is 18.5. The van der Waals surface area contributed by atoms with Crippen molar-refractivity contribution >= 4 is 28.8 Å². The Bertz CT molecular complexity index is 770. The van der Waals surface area contributed by atoms with Crippen molar-refractivity contribution in [2.45, 2.75) is 46.1 Å². The number of aryl methyl sites for hydroxylation is 2. The third-order valence-corrected chi connectivity index (χ3v) is 5.50. The molecule has 5 nitrogen and oxygen atoms in total. The Morgan fingerprint density at radius 2 is 2.12 bits per heavy atom. The maximum absolute atomic E-state index is 12.4. The lowest BCUT2D eigenvalue weighted by Crippen LogP contribution is -2.32. The molecule has 3 rings (SSSR count). The van der Waals surface area contributed by atoms with Crippen molar-refractivity contribution in [1.29, 1.82) is 0 Å². The van der Waals surface area contributed by atoms with Gasteiger partial charge in [0, 0.05) is 24.0 Å². The van der Waals surface area contributed by atoms with Crippen LogP contribution in [-0.4, -0.2) is 23.3 Å². The van der Waals surface area contributed by atoms with Crippen LogP contribution < -0.4 is 10.2 Å². The maximum Gasteiger partial charge on any atom is 0.227 e. The van der Waals surface area contributed by atoms with Gasteiger partial charge in [-0.2, -0.15) is 0 Å². The Hall–Kier alpha value is -2.21. The van der Waals surface area contributed by atoms with Gasteiger partial charge in [-0.3, -0.25) is 9.59 Å². The van der Waals surface area contributed by atoms with Gasteiger partial charge < -0.3 is 10.2 Å². The minimum atomic E-state index is -0.304. The van der Waals surface area contributed by atoms with Crippen LogP contribution in [0.4, 0.5) is 5.69 Å². The van der Waals surface area contributed by atoms with E-state index in [1.54, 1.807) is 16.2 Å². The number of hydrogen-bond donors (Lipinski definition) is 1. The summed E-state index contributed by atoms with van der Waals surface area (Å²) in [4.78, 5) is 30.8. The van der Waals surface area contributed by atoms with Crippen molar-refractivity contribution in [2.24, 2.45) is 5.92 Å². The van der Waals surface area contributed by atoms with Gasteiger partial charge >= 0.3 is 0 Å².